The first-order chi connectivity index (χ1) is 12.8. The van der Waals surface area contributed by atoms with Crippen molar-refractivity contribution in [1.82, 2.24) is 0 Å². The average molecular weight is 475 g/mol. The maximum Gasteiger partial charge on any atom is 0.0584 e. The summed E-state index contributed by atoms with van der Waals surface area (Å²) in [6.45, 7) is 0. The van der Waals surface area contributed by atoms with Crippen molar-refractivity contribution in [1.29, 1.82) is 0 Å². The van der Waals surface area contributed by atoms with Gasteiger partial charge in [-0.15, -0.1) is 41.1 Å². The zero-order valence-corrected chi connectivity index (χ0v) is 18.5. The van der Waals surface area contributed by atoms with E-state index in [1.165, 1.54) is 37.6 Å². The normalized spacial score (nSPS) is 12.0. The fourth-order valence-corrected chi connectivity index (χ4v) is 4.30. The second kappa shape index (κ2) is 8.27. The number of fused-ring (bicyclic) bond motifs is 3. The van der Waals surface area contributed by atoms with Crippen molar-refractivity contribution in [3.8, 4) is 0 Å². The molecule has 0 unspecified atom stereocenters. The predicted octanol–water partition coefficient (Wildman–Crippen LogP) is 7.87. The fourth-order valence-electron chi connectivity index (χ4n) is 3.25. The van der Waals surface area contributed by atoms with E-state index in [-0.39, 0.29) is 0 Å². The Balaban J connectivity index is 0.000000527. The molecule has 1 heterocycles. The third-order valence-electron chi connectivity index (χ3n) is 4.29. The summed E-state index contributed by atoms with van der Waals surface area (Å²) in [7, 11) is 9.87. The van der Waals surface area contributed by atoms with Crippen LogP contribution in [-0.4, -0.2) is 0 Å². The number of benzene rings is 3. The Labute approximate surface area is 176 Å². The van der Waals surface area contributed by atoms with E-state index in [0.717, 1.165) is 0 Å². The molecule has 128 valence electrons. The van der Waals surface area contributed by atoms with Gasteiger partial charge in [-0.2, -0.15) is 0 Å². The first-order valence-electron chi connectivity index (χ1n) is 8.09. The van der Waals surface area contributed by atoms with Crippen LogP contribution in [0.1, 0.15) is 0 Å². The summed E-state index contributed by atoms with van der Waals surface area (Å²) in [5.41, 5.74) is 3.74. The molecular formula is C21H14Cl2NSZr-. The molecule has 0 aliphatic carbocycles. The number of nitrogens with zero attached hydrogens (tertiary/aromatic N) is 1. The van der Waals surface area contributed by atoms with Crippen molar-refractivity contribution in [2.45, 2.75) is 9.79 Å². The molecule has 0 N–H and O–H groups in total. The SMILES string of the molecule is [Cl][Zr][Cl].c1ccc2c(c1)Sc1ccccc1N2c1cc2ccccc2[cH-]1. The fraction of sp³-hybridized carbons (Fsp3) is 0. The van der Waals surface area contributed by atoms with Crippen molar-refractivity contribution in [2.75, 3.05) is 4.90 Å². The summed E-state index contributed by atoms with van der Waals surface area (Å²) in [5, 5.41) is 2.58. The van der Waals surface area contributed by atoms with Crippen LogP contribution < -0.4 is 4.90 Å². The Morgan fingerprint density at radius 3 is 1.92 bits per heavy atom. The minimum atomic E-state index is -0.826. The molecule has 4 aromatic carbocycles. The maximum absolute atomic E-state index is 4.93. The van der Waals surface area contributed by atoms with Crippen molar-refractivity contribution in [3.63, 3.8) is 0 Å². The van der Waals surface area contributed by atoms with E-state index in [4.69, 9.17) is 17.0 Å². The van der Waals surface area contributed by atoms with Crippen molar-refractivity contribution in [2.24, 2.45) is 0 Å². The third-order valence-corrected chi connectivity index (χ3v) is 5.42. The maximum atomic E-state index is 4.93. The Hall–Kier alpha value is -1.12. The summed E-state index contributed by atoms with van der Waals surface area (Å²) in [6.07, 6.45) is 0. The standard InChI is InChI=1S/C21H14NS.2ClH.Zr/c1-2-8-16-14-17(13-15(16)7-1)22-18-9-3-5-11-20(18)23-21-12-6-4-10-19(21)22;;;/h1-14H;2*1H;/q-1;;;+2/p-2. The van der Waals surface area contributed by atoms with Gasteiger partial charge >= 0.3 is 37.9 Å². The molecule has 0 spiro atoms. The monoisotopic (exact) mass is 472 g/mol. The molecule has 1 aliphatic heterocycles. The second-order valence-electron chi connectivity index (χ2n) is 5.79. The Morgan fingerprint density at radius 2 is 1.31 bits per heavy atom. The third kappa shape index (κ3) is 3.51. The summed E-state index contributed by atoms with van der Waals surface area (Å²) in [6, 6.07) is 30.4. The van der Waals surface area contributed by atoms with Gasteiger partial charge in [-0.05, 0) is 30.0 Å². The predicted molar refractivity (Wildman–Crippen MR) is 110 cm³/mol. The number of hydrogen-bond acceptors (Lipinski definition) is 2. The average Bonchev–Trinajstić information content (AvgIpc) is 3.10. The minimum Gasteiger partial charge on any atom is -0.327 e. The van der Waals surface area contributed by atoms with Crippen LogP contribution in [0.3, 0.4) is 0 Å². The van der Waals surface area contributed by atoms with Crippen LogP contribution in [0.4, 0.5) is 17.1 Å². The van der Waals surface area contributed by atoms with Gasteiger partial charge in [0.05, 0.1) is 11.4 Å². The summed E-state index contributed by atoms with van der Waals surface area (Å²) < 4.78 is 0. The molecular weight excluding hydrogens is 460 g/mol. The van der Waals surface area contributed by atoms with E-state index >= 15 is 0 Å². The van der Waals surface area contributed by atoms with E-state index < -0.39 is 20.8 Å². The van der Waals surface area contributed by atoms with Crippen LogP contribution >= 0.6 is 28.8 Å². The topological polar surface area (TPSA) is 3.24 Å². The first-order valence-corrected chi connectivity index (χ1v) is 15.2. The Bertz CT molecular complexity index is 968. The van der Waals surface area contributed by atoms with Crippen LogP contribution in [0, 0.1) is 0 Å². The van der Waals surface area contributed by atoms with Gasteiger partial charge in [0.15, 0.2) is 0 Å². The largest absolute Gasteiger partial charge is 0.327 e. The summed E-state index contributed by atoms with van der Waals surface area (Å²) >= 11 is 1.02. The summed E-state index contributed by atoms with van der Waals surface area (Å²) in [4.78, 5) is 4.98. The van der Waals surface area contributed by atoms with Gasteiger partial charge in [-0.1, -0.05) is 42.1 Å². The number of rotatable bonds is 1. The first kappa shape index (κ1) is 18.3. The minimum absolute atomic E-state index is 0.826. The summed E-state index contributed by atoms with van der Waals surface area (Å²) in [5.74, 6) is 0. The van der Waals surface area contributed by atoms with Crippen molar-refractivity contribution >= 4 is 56.6 Å². The smallest absolute Gasteiger partial charge is 0.0584 e. The van der Waals surface area contributed by atoms with Gasteiger partial charge < -0.3 is 4.90 Å². The van der Waals surface area contributed by atoms with Crippen LogP contribution in [-0.2, 0) is 20.8 Å². The molecule has 1 nitrogen and oxygen atoms in total. The van der Waals surface area contributed by atoms with E-state index in [1.807, 2.05) is 11.8 Å². The van der Waals surface area contributed by atoms with E-state index in [1.54, 1.807) is 0 Å². The molecule has 1 aliphatic rings. The number of anilines is 3. The molecule has 4 aromatic rings. The quantitative estimate of drug-likeness (QED) is 0.227. The zero-order valence-electron chi connectivity index (χ0n) is 13.7. The number of hydrogen-bond donors (Lipinski definition) is 0. The molecule has 5 rings (SSSR count). The Morgan fingerprint density at radius 1 is 0.769 bits per heavy atom. The van der Waals surface area contributed by atoms with Crippen molar-refractivity contribution in [3.05, 3.63) is 84.9 Å². The molecule has 0 radical (unpaired) electrons. The van der Waals surface area contributed by atoms with Gasteiger partial charge in [0.25, 0.3) is 0 Å². The number of halogens is 2. The molecule has 0 saturated carbocycles. The molecule has 0 aromatic heterocycles. The molecule has 0 saturated heterocycles. The molecule has 0 amide bonds. The van der Waals surface area contributed by atoms with Crippen LogP contribution in [0.5, 0.6) is 0 Å². The van der Waals surface area contributed by atoms with Crippen LogP contribution in [0.15, 0.2) is 94.7 Å². The van der Waals surface area contributed by atoms with E-state index in [0.29, 0.717) is 0 Å². The van der Waals surface area contributed by atoms with Gasteiger partial charge in [-0.3, -0.25) is 0 Å². The van der Waals surface area contributed by atoms with Gasteiger partial charge in [-0.25, -0.2) is 0 Å². The zero-order chi connectivity index (χ0) is 17.9. The molecule has 0 fully saturated rings. The van der Waals surface area contributed by atoms with E-state index in [2.05, 4.69) is 89.8 Å². The van der Waals surface area contributed by atoms with Gasteiger partial charge in [0, 0.05) is 9.79 Å². The van der Waals surface area contributed by atoms with Crippen LogP contribution in [0.2, 0.25) is 0 Å². The van der Waals surface area contributed by atoms with Crippen molar-refractivity contribution < 1.29 is 20.8 Å². The van der Waals surface area contributed by atoms with Gasteiger partial charge in [0.1, 0.15) is 0 Å². The molecule has 26 heavy (non-hydrogen) atoms. The van der Waals surface area contributed by atoms with Crippen LogP contribution in [0.25, 0.3) is 10.8 Å². The molecule has 0 bridgehead atoms. The van der Waals surface area contributed by atoms with Gasteiger partial charge in [0.2, 0.25) is 0 Å². The molecule has 0 atom stereocenters. The van der Waals surface area contributed by atoms with E-state index in [9.17, 15) is 0 Å². The number of para-hydroxylation sites is 2. The Kier molecular flexibility index (Phi) is 5.81. The molecule has 5 heteroatoms. The second-order valence-corrected chi connectivity index (χ2v) is 10.6.